The molecule has 1 N–H and O–H groups in total. The fourth-order valence-electron chi connectivity index (χ4n) is 1.74. The molecule has 1 aromatic rings. The minimum absolute atomic E-state index is 0.0692. The number of amides is 1. The number of carbonyl (C=O) groups excluding carboxylic acids is 1. The maximum atomic E-state index is 11.5. The Bertz CT molecular complexity index is 390. The van der Waals surface area contributed by atoms with Gasteiger partial charge in [-0.1, -0.05) is 30.0 Å². The molecule has 0 saturated carbocycles. The highest BCUT2D eigenvalue weighted by Crippen LogP contribution is 2.29. The number of aromatic nitrogens is 2. The number of nitrogens with one attached hydrogen (secondary N) is 1. The molecule has 1 saturated heterocycles. The number of hydrogen-bond donors (Lipinski definition) is 1. The predicted octanol–water partition coefficient (Wildman–Crippen LogP) is 1.76. The Kier molecular flexibility index (Phi) is 5.25. The van der Waals surface area contributed by atoms with Crippen LogP contribution in [0.2, 0.25) is 0 Å². The number of nitrogens with zero attached hydrogens (tertiary/aromatic N) is 3. The number of rotatable bonds is 6. The van der Waals surface area contributed by atoms with E-state index in [9.17, 15) is 4.79 Å². The molecular weight excluding hydrogens is 268 g/mol. The van der Waals surface area contributed by atoms with Crippen LogP contribution in [-0.2, 0) is 4.79 Å². The van der Waals surface area contributed by atoms with Crippen LogP contribution in [0, 0.1) is 0 Å². The highest BCUT2D eigenvalue weighted by molar-refractivity contribution is 8.01. The Labute approximate surface area is 115 Å². The molecule has 7 heteroatoms. The molecule has 0 aliphatic carbocycles. The van der Waals surface area contributed by atoms with E-state index in [4.69, 9.17) is 0 Å². The summed E-state index contributed by atoms with van der Waals surface area (Å²) in [4.78, 5) is 13.7. The van der Waals surface area contributed by atoms with Gasteiger partial charge in [0, 0.05) is 19.6 Å². The SMILES string of the molecule is CCCNC(=O)CSc1nnc(N2CCCC2)s1. The molecule has 0 atom stereocenters. The van der Waals surface area contributed by atoms with E-state index in [1.165, 1.54) is 24.6 Å². The molecule has 5 nitrogen and oxygen atoms in total. The van der Waals surface area contributed by atoms with Crippen molar-refractivity contribution in [3.8, 4) is 0 Å². The molecule has 1 fully saturated rings. The number of thioether (sulfide) groups is 1. The molecular formula is C11H18N4OS2. The van der Waals surface area contributed by atoms with Crippen molar-refractivity contribution in [2.75, 3.05) is 30.3 Å². The molecule has 0 aromatic carbocycles. The van der Waals surface area contributed by atoms with E-state index >= 15 is 0 Å². The second-order valence-corrected chi connectivity index (χ2v) is 6.36. The molecule has 0 radical (unpaired) electrons. The third kappa shape index (κ3) is 3.84. The smallest absolute Gasteiger partial charge is 0.230 e. The van der Waals surface area contributed by atoms with Gasteiger partial charge in [0.1, 0.15) is 0 Å². The van der Waals surface area contributed by atoms with Gasteiger partial charge in [-0.3, -0.25) is 4.79 Å². The second kappa shape index (κ2) is 6.94. The molecule has 0 bridgehead atoms. The number of carbonyl (C=O) groups is 1. The molecule has 2 rings (SSSR count). The molecule has 0 spiro atoms. The van der Waals surface area contributed by atoms with Gasteiger partial charge in [0.15, 0.2) is 4.34 Å². The largest absolute Gasteiger partial charge is 0.355 e. The lowest BCUT2D eigenvalue weighted by Gasteiger charge is -2.10. The average Bonchev–Trinajstić information content (AvgIpc) is 3.03. The van der Waals surface area contributed by atoms with Crippen molar-refractivity contribution in [3.63, 3.8) is 0 Å². The summed E-state index contributed by atoms with van der Waals surface area (Å²) in [6.45, 7) is 4.95. The minimum atomic E-state index is 0.0692. The van der Waals surface area contributed by atoms with Crippen LogP contribution in [0.5, 0.6) is 0 Å². The molecule has 1 aliphatic heterocycles. The highest BCUT2D eigenvalue weighted by atomic mass is 32.2. The first-order valence-corrected chi connectivity index (χ1v) is 8.07. The van der Waals surface area contributed by atoms with Gasteiger partial charge in [-0.05, 0) is 19.3 Å². The fraction of sp³-hybridized carbons (Fsp3) is 0.727. The van der Waals surface area contributed by atoms with Crippen LogP contribution in [0.15, 0.2) is 4.34 Å². The van der Waals surface area contributed by atoms with Crippen molar-refractivity contribution in [2.45, 2.75) is 30.5 Å². The first-order chi connectivity index (χ1) is 8.79. The van der Waals surface area contributed by atoms with Gasteiger partial charge >= 0.3 is 0 Å². The van der Waals surface area contributed by atoms with Gasteiger partial charge in [0.2, 0.25) is 11.0 Å². The minimum Gasteiger partial charge on any atom is -0.355 e. The summed E-state index contributed by atoms with van der Waals surface area (Å²) in [6.07, 6.45) is 3.44. The van der Waals surface area contributed by atoms with Crippen LogP contribution < -0.4 is 10.2 Å². The molecule has 1 aromatic heterocycles. The zero-order chi connectivity index (χ0) is 12.8. The van der Waals surface area contributed by atoms with Crippen molar-refractivity contribution in [3.05, 3.63) is 0 Å². The zero-order valence-electron chi connectivity index (χ0n) is 10.5. The maximum Gasteiger partial charge on any atom is 0.230 e. The van der Waals surface area contributed by atoms with Gasteiger partial charge in [0.25, 0.3) is 0 Å². The zero-order valence-corrected chi connectivity index (χ0v) is 12.1. The summed E-state index contributed by atoms with van der Waals surface area (Å²) in [6, 6.07) is 0. The van der Waals surface area contributed by atoms with E-state index in [2.05, 4.69) is 20.4 Å². The normalized spacial score (nSPS) is 15.1. The Morgan fingerprint density at radius 2 is 2.22 bits per heavy atom. The molecule has 0 unspecified atom stereocenters. The van der Waals surface area contributed by atoms with E-state index in [1.54, 1.807) is 11.3 Å². The summed E-state index contributed by atoms with van der Waals surface area (Å²) in [5, 5.41) is 12.1. The van der Waals surface area contributed by atoms with Crippen molar-refractivity contribution in [2.24, 2.45) is 0 Å². The van der Waals surface area contributed by atoms with Gasteiger partial charge in [-0.2, -0.15) is 0 Å². The van der Waals surface area contributed by atoms with E-state index in [0.717, 1.165) is 35.5 Å². The number of hydrogen-bond acceptors (Lipinski definition) is 6. The molecule has 1 amide bonds. The lowest BCUT2D eigenvalue weighted by Crippen LogP contribution is -2.25. The topological polar surface area (TPSA) is 58.1 Å². The lowest BCUT2D eigenvalue weighted by atomic mass is 10.4. The van der Waals surface area contributed by atoms with Gasteiger partial charge in [-0.15, -0.1) is 10.2 Å². The van der Waals surface area contributed by atoms with Gasteiger partial charge < -0.3 is 10.2 Å². The predicted molar refractivity (Wildman–Crippen MR) is 75.4 cm³/mol. The van der Waals surface area contributed by atoms with Crippen LogP contribution in [0.3, 0.4) is 0 Å². The van der Waals surface area contributed by atoms with Crippen molar-refractivity contribution in [1.82, 2.24) is 15.5 Å². The van der Waals surface area contributed by atoms with E-state index in [1.807, 2.05) is 6.92 Å². The number of anilines is 1. The van der Waals surface area contributed by atoms with Crippen LogP contribution in [0.1, 0.15) is 26.2 Å². The summed E-state index contributed by atoms with van der Waals surface area (Å²) in [7, 11) is 0. The lowest BCUT2D eigenvalue weighted by molar-refractivity contribution is -0.118. The third-order valence-corrected chi connectivity index (χ3v) is 4.79. The Morgan fingerprint density at radius 1 is 1.44 bits per heavy atom. The fourth-order valence-corrected chi connectivity index (χ4v) is 3.46. The first kappa shape index (κ1) is 13.6. The first-order valence-electron chi connectivity index (χ1n) is 6.27. The Morgan fingerprint density at radius 3 is 2.94 bits per heavy atom. The molecule has 100 valence electrons. The summed E-state index contributed by atoms with van der Waals surface area (Å²) in [5.41, 5.74) is 0. The second-order valence-electron chi connectivity index (χ2n) is 4.18. The maximum absolute atomic E-state index is 11.5. The summed E-state index contributed by atoms with van der Waals surface area (Å²) < 4.78 is 0.878. The van der Waals surface area contributed by atoms with Gasteiger partial charge in [0.05, 0.1) is 5.75 Å². The monoisotopic (exact) mass is 286 g/mol. The quantitative estimate of drug-likeness (QED) is 0.808. The molecule has 18 heavy (non-hydrogen) atoms. The van der Waals surface area contributed by atoms with Gasteiger partial charge in [-0.25, -0.2) is 0 Å². The Balaban J connectivity index is 1.77. The van der Waals surface area contributed by atoms with Crippen LogP contribution in [-0.4, -0.2) is 41.5 Å². The van der Waals surface area contributed by atoms with E-state index < -0.39 is 0 Å². The molecule has 1 aliphatic rings. The van der Waals surface area contributed by atoms with Crippen LogP contribution in [0.25, 0.3) is 0 Å². The summed E-state index contributed by atoms with van der Waals surface area (Å²) in [5.74, 6) is 0.494. The molecule has 2 heterocycles. The Hall–Kier alpha value is -0.820. The van der Waals surface area contributed by atoms with Crippen LogP contribution >= 0.6 is 23.1 Å². The highest BCUT2D eigenvalue weighted by Gasteiger charge is 2.17. The van der Waals surface area contributed by atoms with E-state index in [-0.39, 0.29) is 5.91 Å². The van der Waals surface area contributed by atoms with E-state index in [0.29, 0.717) is 5.75 Å². The third-order valence-electron chi connectivity index (χ3n) is 2.67. The van der Waals surface area contributed by atoms with Crippen LogP contribution in [0.4, 0.5) is 5.13 Å². The van der Waals surface area contributed by atoms with Crippen molar-refractivity contribution >= 4 is 34.1 Å². The standard InChI is InChI=1S/C11H18N4OS2/c1-2-5-12-9(16)8-17-11-14-13-10(18-11)15-6-3-4-7-15/h2-8H2,1H3,(H,12,16). The van der Waals surface area contributed by atoms with Crippen molar-refractivity contribution in [1.29, 1.82) is 0 Å². The van der Waals surface area contributed by atoms with Crippen molar-refractivity contribution < 1.29 is 4.79 Å². The summed E-state index contributed by atoms with van der Waals surface area (Å²) >= 11 is 3.05. The average molecular weight is 286 g/mol.